The van der Waals surface area contributed by atoms with Crippen molar-refractivity contribution in [2.45, 2.75) is 20.0 Å². The van der Waals surface area contributed by atoms with Crippen molar-refractivity contribution in [1.82, 2.24) is 9.88 Å². The summed E-state index contributed by atoms with van der Waals surface area (Å²) in [6.45, 7) is 5.33. The number of aromatic nitrogens is 1. The van der Waals surface area contributed by atoms with Gasteiger partial charge >= 0.3 is 6.18 Å². The Balaban J connectivity index is 2.88. The van der Waals surface area contributed by atoms with Crippen LogP contribution in [0.3, 0.4) is 0 Å². The summed E-state index contributed by atoms with van der Waals surface area (Å²) in [6, 6.07) is 1.85. The van der Waals surface area contributed by atoms with Crippen molar-refractivity contribution < 1.29 is 13.2 Å². The first-order valence-corrected chi connectivity index (χ1v) is 6.48. The van der Waals surface area contributed by atoms with Crippen LogP contribution < -0.4 is 16.6 Å². The highest BCUT2D eigenvalue weighted by Crippen LogP contribution is 2.32. The molecule has 0 saturated carbocycles. The van der Waals surface area contributed by atoms with Crippen LogP contribution in [0, 0.1) is 5.41 Å². The number of rotatable bonds is 6. The van der Waals surface area contributed by atoms with Gasteiger partial charge < -0.3 is 15.6 Å². The summed E-state index contributed by atoms with van der Waals surface area (Å²) in [5, 5.41) is 2.94. The molecule has 0 saturated heterocycles. The molecule has 1 aromatic rings. The van der Waals surface area contributed by atoms with Gasteiger partial charge in [-0.3, -0.25) is 0 Å². The Morgan fingerprint density at radius 3 is 2.24 bits per heavy atom. The SMILES string of the molecule is CN(C)CC(C)(C)CNc1cc(C(F)(F)F)cc(NN)n1. The van der Waals surface area contributed by atoms with E-state index >= 15 is 0 Å². The number of nitrogen functional groups attached to an aromatic ring is 1. The highest BCUT2D eigenvalue weighted by atomic mass is 19.4. The van der Waals surface area contributed by atoms with Gasteiger partial charge in [0.05, 0.1) is 5.56 Å². The van der Waals surface area contributed by atoms with E-state index in [-0.39, 0.29) is 17.1 Å². The summed E-state index contributed by atoms with van der Waals surface area (Å²) >= 11 is 0. The summed E-state index contributed by atoms with van der Waals surface area (Å²) < 4.78 is 38.4. The number of hydrogen-bond acceptors (Lipinski definition) is 5. The third-order valence-corrected chi connectivity index (χ3v) is 2.79. The van der Waals surface area contributed by atoms with E-state index in [0.29, 0.717) is 6.54 Å². The number of anilines is 2. The van der Waals surface area contributed by atoms with E-state index in [0.717, 1.165) is 18.7 Å². The predicted molar refractivity (Wildman–Crippen MR) is 77.9 cm³/mol. The van der Waals surface area contributed by atoms with Gasteiger partial charge in [-0.2, -0.15) is 13.2 Å². The molecule has 4 N–H and O–H groups in total. The molecule has 1 rings (SSSR count). The molecule has 120 valence electrons. The lowest BCUT2D eigenvalue weighted by molar-refractivity contribution is -0.137. The first kappa shape index (κ1) is 17.5. The van der Waals surface area contributed by atoms with E-state index in [1.54, 1.807) is 0 Å². The maximum absolute atomic E-state index is 12.8. The Labute approximate surface area is 122 Å². The summed E-state index contributed by atoms with van der Waals surface area (Å²) in [7, 11) is 3.89. The van der Waals surface area contributed by atoms with Crippen LogP contribution in [0.25, 0.3) is 0 Å². The molecule has 0 aromatic carbocycles. The maximum Gasteiger partial charge on any atom is 0.416 e. The number of halogens is 3. The minimum absolute atomic E-state index is 0.0299. The van der Waals surface area contributed by atoms with Crippen molar-refractivity contribution in [3.05, 3.63) is 17.7 Å². The van der Waals surface area contributed by atoms with Gasteiger partial charge in [0, 0.05) is 13.1 Å². The molecule has 0 aliphatic rings. The van der Waals surface area contributed by atoms with E-state index < -0.39 is 11.7 Å². The third-order valence-electron chi connectivity index (χ3n) is 2.79. The first-order chi connectivity index (χ1) is 9.53. The summed E-state index contributed by atoms with van der Waals surface area (Å²) in [6.07, 6.45) is -4.44. The summed E-state index contributed by atoms with van der Waals surface area (Å²) in [5.74, 6) is 5.28. The second kappa shape index (κ2) is 6.48. The second-order valence-electron chi connectivity index (χ2n) is 6.02. The molecule has 1 heterocycles. The molecule has 0 amide bonds. The monoisotopic (exact) mass is 305 g/mol. The Morgan fingerprint density at radius 1 is 1.19 bits per heavy atom. The Kier molecular flexibility index (Phi) is 5.41. The molecule has 0 spiro atoms. The number of nitrogens with two attached hydrogens (primary N) is 1. The zero-order valence-electron chi connectivity index (χ0n) is 12.7. The normalized spacial score (nSPS) is 12.6. The average Bonchev–Trinajstić information content (AvgIpc) is 2.33. The van der Waals surface area contributed by atoms with E-state index in [9.17, 15) is 13.2 Å². The van der Waals surface area contributed by atoms with E-state index in [2.05, 4.69) is 15.7 Å². The van der Waals surface area contributed by atoms with Crippen LogP contribution >= 0.6 is 0 Å². The van der Waals surface area contributed by atoms with Crippen molar-refractivity contribution in [2.75, 3.05) is 37.9 Å². The molecular formula is C13H22F3N5. The maximum atomic E-state index is 12.8. The van der Waals surface area contributed by atoms with Crippen LogP contribution in [0.15, 0.2) is 12.1 Å². The van der Waals surface area contributed by atoms with Crippen LogP contribution in [0.2, 0.25) is 0 Å². The van der Waals surface area contributed by atoms with E-state index in [4.69, 9.17) is 5.84 Å². The van der Waals surface area contributed by atoms with Gasteiger partial charge in [-0.1, -0.05) is 13.8 Å². The largest absolute Gasteiger partial charge is 0.416 e. The van der Waals surface area contributed by atoms with E-state index in [1.165, 1.54) is 0 Å². The van der Waals surface area contributed by atoms with Gasteiger partial charge in [-0.15, -0.1) is 0 Å². The second-order valence-corrected chi connectivity index (χ2v) is 6.02. The van der Waals surface area contributed by atoms with Gasteiger partial charge in [0.1, 0.15) is 11.6 Å². The highest BCUT2D eigenvalue weighted by Gasteiger charge is 2.31. The lowest BCUT2D eigenvalue weighted by Gasteiger charge is -2.28. The molecule has 0 radical (unpaired) electrons. The van der Waals surface area contributed by atoms with Crippen LogP contribution in [0.4, 0.5) is 24.8 Å². The lowest BCUT2D eigenvalue weighted by Crippen LogP contribution is -2.34. The number of nitrogens with one attached hydrogen (secondary N) is 2. The molecule has 0 unspecified atom stereocenters. The zero-order valence-corrected chi connectivity index (χ0v) is 12.7. The standard InChI is InChI=1S/C13H22F3N5/c1-12(2,8-21(3)4)7-18-10-5-9(13(14,15)16)6-11(19-10)20-17/h5-6H,7-8,17H2,1-4H3,(H2,18,19,20). The highest BCUT2D eigenvalue weighted by molar-refractivity contribution is 5.49. The molecule has 0 bridgehead atoms. The molecule has 5 nitrogen and oxygen atoms in total. The molecule has 21 heavy (non-hydrogen) atoms. The molecular weight excluding hydrogens is 283 g/mol. The minimum atomic E-state index is -4.44. The fourth-order valence-corrected chi connectivity index (χ4v) is 2.10. The Bertz CT molecular complexity index is 471. The van der Waals surface area contributed by atoms with Crippen molar-refractivity contribution in [1.29, 1.82) is 0 Å². The molecule has 1 aromatic heterocycles. The van der Waals surface area contributed by atoms with Gasteiger partial charge in [0.25, 0.3) is 0 Å². The third kappa shape index (κ3) is 5.76. The lowest BCUT2D eigenvalue weighted by atomic mass is 9.93. The molecule has 0 fully saturated rings. The number of hydrogen-bond donors (Lipinski definition) is 3. The Hall–Kier alpha value is -1.54. The molecule has 8 heteroatoms. The molecule has 0 aliphatic heterocycles. The number of nitrogens with zero attached hydrogens (tertiary/aromatic N) is 2. The minimum Gasteiger partial charge on any atom is -0.369 e. The van der Waals surface area contributed by atoms with Crippen LogP contribution in [-0.2, 0) is 6.18 Å². The summed E-state index contributed by atoms with van der Waals surface area (Å²) in [5.41, 5.74) is 1.24. The zero-order chi connectivity index (χ0) is 16.3. The molecule has 0 atom stereocenters. The predicted octanol–water partition coefficient (Wildman–Crippen LogP) is 2.39. The van der Waals surface area contributed by atoms with Gasteiger partial charge in [-0.25, -0.2) is 10.8 Å². The fraction of sp³-hybridized carbons (Fsp3) is 0.615. The van der Waals surface area contributed by atoms with E-state index in [1.807, 2.05) is 32.8 Å². The molecule has 0 aliphatic carbocycles. The van der Waals surface area contributed by atoms with Crippen molar-refractivity contribution >= 4 is 11.6 Å². The average molecular weight is 305 g/mol. The van der Waals surface area contributed by atoms with Gasteiger partial charge in [-0.05, 0) is 31.6 Å². The number of hydrazine groups is 1. The van der Waals surface area contributed by atoms with Crippen LogP contribution in [-0.4, -0.2) is 37.1 Å². The quantitative estimate of drug-likeness (QED) is 0.556. The first-order valence-electron chi connectivity index (χ1n) is 6.48. The smallest absolute Gasteiger partial charge is 0.369 e. The van der Waals surface area contributed by atoms with Crippen LogP contribution in [0.5, 0.6) is 0 Å². The number of alkyl halides is 3. The topological polar surface area (TPSA) is 66.2 Å². The fourth-order valence-electron chi connectivity index (χ4n) is 2.10. The number of pyridine rings is 1. The van der Waals surface area contributed by atoms with Gasteiger partial charge in [0.15, 0.2) is 0 Å². The van der Waals surface area contributed by atoms with Gasteiger partial charge in [0.2, 0.25) is 0 Å². The van der Waals surface area contributed by atoms with Crippen molar-refractivity contribution in [2.24, 2.45) is 11.3 Å². The Morgan fingerprint density at radius 2 is 1.76 bits per heavy atom. The van der Waals surface area contributed by atoms with Crippen LogP contribution in [0.1, 0.15) is 19.4 Å². The summed E-state index contributed by atoms with van der Waals surface area (Å²) in [4.78, 5) is 6.01. The van der Waals surface area contributed by atoms with Crippen molar-refractivity contribution in [3.8, 4) is 0 Å². The van der Waals surface area contributed by atoms with Crippen molar-refractivity contribution in [3.63, 3.8) is 0 Å².